The van der Waals surface area contributed by atoms with Crippen LogP contribution in [0.3, 0.4) is 0 Å². The second-order valence-corrected chi connectivity index (χ2v) is 8.96. The van der Waals surface area contributed by atoms with E-state index in [-0.39, 0.29) is 23.4 Å². The molecule has 3 aromatic rings. The Bertz CT molecular complexity index is 1170. The summed E-state index contributed by atoms with van der Waals surface area (Å²) in [7, 11) is 0. The third kappa shape index (κ3) is 5.24. The van der Waals surface area contributed by atoms with Crippen molar-refractivity contribution >= 4 is 28.3 Å². The zero-order valence-corrected chi connectivity index (χ0v) is 18.8. The van der Waals surface area contributed by atoms with Gasteiger partial charge in [-0.3, -0.25) is 9.59 Å². The standard InChI is InChI=1S/C24H22F3N3O2S/c1-13(28-14(2)31)15-7-9-16(10-8-15)21-12-33-23(29-21)30-22(32)19-11-18(19)17-5-3-4-6-20(17)24(25,26)27/h3-10,12-13,18-19H,11H2,1-2H3,(H,28,31)(H,29,30,32). The topological polar surface area (TPSA) is 71.1 Å². The number of carbonyl (C=O) groups excluding carboxylic acids is 2. The van der Waals surface area contributed by atoms with Crippen molar-refractivity contribution in [1.82, 2.24) is 10.3 Å². The van der Waals surface area contributed by atoms with Gasteiger partial charge in [0.2, 0.25) is 11.8 Å². The minimum absolute atomic E-state index is 0.105. The molecule has 0 saturated heterocycles. The number of carbonyl (C=O) groups is 2. The lowest BCUT2D eigenvalue weighted by Crippen LogP contribution is -2.23. The molecule has 172 valence electrons. The molecule has 0 aliphatic heterocycles. The summed E-state index contributed by atoms with van der Waals surface area (Å²) in [5, 5.41) is 7.78. The average Bonchev–Trinajstić information content (AvgIpc) is 3.44. The largest absolute Gasteiger partial charge is 0.416 e. The number of aromatic nitrogens is 1. The van der Waals surface area contributed by atoms with Crippen molar-refractivity contribution in [3.8, 4) is 11.3 Å². The summed E-state index contributed by atoms with van der Waals surface area (Å²) in [6.45, 7) is 3.36. The van der Waals surface area contributed by atoms with Crippen LogP contribution in [0.25, 0.3) is 11.3 Å². The molecule has 4 rings (SSSR count). The van der Waals surface area contributed by atoms with Gasteiger partial charge in [0.05, 0.1) is 17.3 Å². The summed E-state index contributed by atoms with van der Waals surface area (Å²) in [4.78, 5) is 28.3. The average molecular weight is 474 g/mol. The Morgan fingerprint density at radius 3 is 2.48 bits per heavy atom. The number of thiazole rings is 1. The third-order valence-corrected chi connectivity index (χ3v) is 6.41. The van der Waals surface area contributed by atoms with E-state index in [0.717, 1.165) is 17.2 Å². The van der Waals surface area contributed by atoms with Crippen molar-refractivity contribution in [2.45, 2.75) is 38.4 Å². The molecule has 0 radical (unpaired) electrons. The number of nitrogens with one attached hydrogen (secondary N) is 2. The van der Waals surface area contributed by atoms with Gasteiger partial charge in [-0.1, -0.05) is 42.5 Å². The van der Waals surface area contributed by atoms with Crippen molar-refractivity contribution in [2.75, 3.05) is 5.32 Å². The lowest BCUT2D eigenvalue weighted by molar-refractivity contribution is -0.138. The van der Waals surface area contributed by atoms with Gasteiger partial charge in [-0.25, -0.2) is 4.98 Å². The molecule has 3 atom stereocenters. The van der Waals surface area contributed by atoms with Gasteiger partial charge in [-0.2, -0.15) is 13.2 Å². The summed E-state index contributed by atoms with van der Waals surface area (Å²) >= 11 is 1.26. The van der Waals surface area contributed by atoms with Crippen LogP contribution in [0.15, 0.2) is 53.9 Å². The van der Waals surface area contributed by atoms with Crippen LogP contribution in [0.1, 0.15) is 48.9 Å². The highest BCUT2D eigenvalue weighted by atomic mass is 32.1. The van der Waals surface area contributed by atoms with Crippen LogP contribution in [0.4, 0.5) is 18.3 Å². The van der Waals surface area contributed by atoms with Crippen LogP contribution in [0.2, 0.25) is 0 Å². The summed E-state index contributed by atoms with van der Waals surface area (Å²) in [5.41, 5.74) is 1.98. The van der Waals surface area contributed by atoms with Crippen LogP contribution in [0.5, 0.6) is 0 Å². The molecule has 9 heteroatoms. The Balaban J connectivity index is 1.40. The number of halogens is 3. The van der Waals surface area contributed by atoms with E-state index in [4.69, 9.17) is 0 Å². The van der Waals surface area contributed by atoms with E-state index in [1.54, 1.807) is 6.07 Å². The Labute approximate surface area is 193 Å². The molecule has 1 aliphatic carbocycles. The molecule has 5 nitrogen and oxygen atoms in total. The summed E-state index contributed by atoms with van der Waals surface area (Å²) in [5.74, 6) is -1.38. The second-order valence-electron chi connectivity index (χ2n) is 8.11. The van der Waals surface area contributed by atoms with Gasteiger partial charge in [0, 0.05) is 23.8 Å². The SMILES string of the molecule is CC(=O)NC(C)c1ccc(-c2csc(NC(=O)C3CC3c3ccccc3C(F)(F)F)n2)cc1. The molecule has 1 heterocycles. The molecule has 1 fully saturated rings. The van der Waals surface area contributed by atoms with Gasteiger partial charge in [0.25, 0.3) is 0 Å². The van der Waals surface area contributed by atoms with Crippen molar-refractivity contribution in [3.05, 3.63) is 70.6 Å². The third-order valence-electron chi connectivity index (χ3n) is 5.65. The predicted molar refractivity (Wildman–Crippen MR) is 121 cm³/mol. The summed E-state index contributed by atoms with van der Waals surface area (Å²) in [6.07, 6.45) is -4.06. The number of amides is 2. The highest BCUT2D eigenvalue weighted by molar-refractivity contribution is 7.14. The first-order valence-electron chi connectivity index (χ1n) is 10.4. The maximum atomic E-state index is 13.3. The van der Waals surface area contributed by atoms with E-state index in [9.17, 15) is 22.8 Å². The maximum absolute atomic E-state index is 13.3. The molecule has 1 aromatic heterocycles. The second kappa shape index (κ2) is 8.97. The first kappa shape index (κ1) is 23.0. The monoisotopic (exact) mass is 473 g/mol. The van der Waals surface area contributed by atoms with E-state index in [1.165, 1.54) is 30.4 Å². The number of alkyl halides is 3. The van der Waals surface area contributed by atoms with Gasteiger partial charge in [0.1, 0.15) is 0 Å². The quantitative estimate of drug-likeness (QED) is 0.478. The Morgan fingerprint density at radius 2 is 1.82 bits per heavy atom. The van der Waals surface area contributed by atoms with Gasteiger partial charge >= 0.3 is 6.18 Å². The normalized spacial score (nSPS) is 18.5. The highest BCUT2D eigenvalue weighted by Crippen LogP contribution is 2.51. The maximum Gasteiger partial charge on any atom is 0.416 e. The van der Waals surface area contributed by atoms with Crippen molar-refractivity contribution in [1.29, 1.82) is 0 Å². The molecule has 3 unspecified atom stereocenters. The summed E-state index contributed by atoms with van der Waals surface area (Å²) < 4.78 is 39.8. The minimum Gasteiger partial charge on any atom is -0.350 e. The molecule has 0 bridgehead atoms. The van der Waals surface area contributed by atoms with Crippen molar-refractivity contribution in [2.24, 2.45) is 5.92 Å². The van der Waals surface area contributed by atoms with E-state index in [0.29, 0.717) is 17.2 Å². The first-order valence-corrected chi connectivity index (χ1v) is 11.3. The van der Waals surface area contributed by atoms with E-state index in [2.05, 4.69) is 15.6 Å². The van der Waals surface area contributed by atoms with Gasteiger partial charge in [-0.05, 0) is 36.5 Å². The molecule has 2 N–H and O–H groups in total. The van der Waals surface area contributed by atoms with Gasteiger partial charge in [-0.15, -0.1) is 11.3 Å². The molecular weight excluding hydrogens is 451 g/mol. The molecule has 1 aliphatic rings. The molecule has 33 heavy (non-hydrogen) atoms. The lowest BCUT2D eigenvalue weighted by Gasteiger charge is -2.13. The van der Waals surface area contributed by atoms with Crippen LogP contribution in [-0.4, -0.2) is 16.8 Å². The van der Waals surface area contributed by atoms with Gasteiger partial charge < -0.3 is 10.6 Å². The van der Waals surface area contributed by atoms with E-state index in [1.807, 2.05) is 36.6 Å². The first-order chi connectivity index (χ1) is 15.6. The molecular formula is C24H22F3N3O2S. The number of anilines is 1. The fourth-order valence-electron chi connectivity index (χ4n) is 3.90. The van der Waals surface area contributed by atoms with Crippen LogP contribution in [-0.2, 0) is 15.8 Å². The molecule has 0 spiro atoms. The number of hydrogen-bond acceptors (Lipinski definition) is 4. The van der Waals surface area contributed by atoms with Crippen molar-refractivity contribution < 1.29 is 22.8 Å². The summed E-state index contributed by atoms with van der Waals surface area (Å²) in [6, 6.07) is 12.9. The van der Waals surface area contributed by atoms with Gasteiger partial charge in [0.15, 0.2) is 5.13 Å². The number of hydrogen-bond donors (Lipinski definition) is 2. The smallest absolute Gasteiger partial charge is 0.350 e. The minimum atomic E-state index is -4.44. The lowest BCUT2D eigenvalue weighted by atomic mass is 10.0. The van der Waals surface area contributed by atoms with E-state index < -0.39 is 23.6 Å². The fraction of sp³-hybridized carbons (Fsp3) is 0.292. The Hall–Kier alpha value is -3.20. The zero-order chi connectivity index (χ0) is 23.8. The Morgan fingerprint density at radius 1 is 1.12 bits per heavy atom. The highest BCUT2D eigenvalue weighted by Gasteiger charge is 2.48. The van der Waals surface area contributed by atoms with Crippen LogP contribution in [0, 0.1) is 5.92 Å². The van der Waals surface area contributed by atoms with Crippen molar-refractivity contribution in [3.63, 3.8) is 0 Å². The van der Waals surface area contributed by atoms with Crippen LogP contribution < -0.4 is 10.6 Å². The number of benzene rings is 2. The zero-order valence-electron chi connectivity index (χ0n) is 17.9. The molecule has 2 aromatic carbocycles. The predicted octanol–water partition coefficient (Wildman–Crippen LogP) is 5.77. The fourth-order valence-corrected chi connectivity index (χ4v) is 4.62. The molecule has 1 saturated carbocycles. The number of rotatable bonds is 6. The number of nitrogens with zero attached hydrogens (tertiary/aromatic N) is 1. The Kier molecular flexibility index (Phi) is 6.25. The van der Waals surface area contributed by atoms with Crippen LogP contribution >= 0.6 is 11.3 Å². The molecule has 2 amide bonds. The van der Waals surface area contributed by atoms with E-state index >= 15 is 0 Å².